The van der Waals surface area contributed by atoms with E-state index in [4.69, 9.17) is 5.73 Å². The lowest BCUT2D eigenvalue weighted by atomic mass is 10.1. The van der Waals surface area contributed by atoms with Crippen molar-refractivity contribution in [1.29, 1.82) is 0 Å². The molecule has 7 heteroatoms. The smallest absolute Gasteiger partial charge is 0.244 e. The molecule has 6 nitrogen and oxygen atoms in total. The molecule has 0 aliphatic carbocycles. The molecule has 0 radical (unpaired) electrons. The Kier molecular flexibility index (Phi) is 7.34. The van der Waals surface area contributed by atoms with Gasteiger partial charge in [-0.25, -0.2) is 0 Å². The van der Waals surface area contributed by atoms with Crippen LogP contribution < -0.4 is 10.6 Å². The SMILES string of the molecule is Cl.Nc1ccccc1CCC(=O)N1CCN(C2CCN(c3ccccc3)C2=O)CC1. The van der Waals surface area contributed by atoms with Crippen molar-refractivity contribution in [2.75, 3.05) is 43.4 Å². The van der Waals surface area contributed by atoms with E-state index in [1.807, 2.05) is 64.4 Å². The molecule has 160 valence electrons. The third kappa shape index (κ3) is 4.77. The zero-order valence-electron chi connectivity index (χ0n) is 17.1. The van der Waals surface area contributed by atoms with Crippen molar-refractivity contribution in [2.24, 2.45) is 0 Å². The third-order valence-electron chi connectivity index (χ3n) is 6.02. The van der Waals surface area contributed by atoms with Crippen LogP contribution in [0.4, 0.5) is 11.4 Å². The fraction of sp³-hybridized carbons (Fsp3) is 0.391. The Hall–Kier alpha value is -2.57. The van der Waals surface area contributed by atoms with E-state index in [0.29, 0.717) is 25.9 Å². The van der Waals surface area contributed by atoms with Gasteiger partial charge in [0.25, 0.3) is 0 Å². The maximum atomic E-state index is 12.9. The minimum absolute atomic E-state index is 0. The summed E-state index contributed by atoms with van der Waals surface area (Å²) >= 11 is 0. The molecule has 2 aliphatic heterocycles. The number of aryl methyl sites for hydroxylation is 1. The highest BCUT2D eigenvalue weighted by molar-refractivity contribution is 5.99. The van der Waals surface area contributed by atoms with E-state index in [2.05, 4.69) is 4.90 Å². The topological polar surface area (TPSA) is 69.9 Å². The van der Waals surface area contributed by atoms with Crippen molar-refractivity contribution < 1.29 is 9.59 Å². The van der Waals surface area contributed by atoms with Gasteiger partial charge in [-0.05, 0) is 36.6 Å². The zero-order valence-corrected chi connectivity index (χ0v) is 17.9. The Morgan fingerprint density at radius 3 is 2.30 bits per heavy atom. The average molecular weight is 429 g/mol. The number of hydrogen-bond donors (Lipinski definition) is 1. The van der Waals surface area contributed by atoms with Crippen LogP contribution in [-0.2, 0) is 16.0 Å². The summed E-state index contributed by atoms with van der Waals surface area (Å²) in [5, 5.41) is 0. The molecule has 2 aliphatic rings. The lowest BCUT2D eigenvalue weighted by Crippen LogP contribution is -2.53. The first kappa shape index (κ1) is 22.1. The van der Waals surface area contributed by atoms with Crippen LogP contribution in [0, 0.1) is 0 Å². The van der Waals surface area contributed by atoms with E-state index in [1.54, 1.807) is 0 Å². The summed E-state index contributed by atoms with van der Waals surface area (Å²) in [6, 6.07) is 17.5. The molecular weight excluding hydrogens is 400 g/mol. The Bertz CT molecular complexity index is 869. The maximum Gasteiger partial charge on any atom is 0.244 e. The summed E-state index contributed by atoms with van der Waals surface area (Å²) in [7, 11) is 0. The molecular formula is C23H29ClN4O2. The number of halogens is 1. The van der Waals surface area contributed by atoms with Gasteiger partial charge < -0.3 is 15.5 Å². The Balaban J connectivity index is 0.00000256. The number of anilines is 2. The molecule has 0 aromatic heterocycles. The van der Waals surface area contributed by atoms with Gasteiger partial charge in [0.15, 0.2) is 0 Å². The van der Waals surface area contributed by atoms with Crippen LogP contribution in [0.2, 0.25) is 0 Å². The van der Waals surface area contributed by atoms with Crippen LogP contribution in [0.1, 0.15) is 18.4 Å². The Morgan fingerprint density at radius 2 is 1.60 bits per heavy atom. The van der Waals surface area contributed by atoms with E-state index in [0.717, 1.165) is 43.0 Å². The van der Waals surface area contributed by atoms with Crippen LogP contribution in [0.15, 0.2) is 54.6 Å². The lowest BCUT2D eigenvalue weighted by molar-refractivity contribution is -0.133. The van der Waals surface area contributed by atoms with Gasteiger partial charge in [-0.15, -0.1) is 12.4 Å². The molecule has 30 heavy (non-hydrogen) atoms. The summed E-state index contributed by atoms with van der Waals surface area (Å²) < 4.78 is 0. The zero-order chi connectivity index (χ0) is 20.2. The number of hydrogen-bond acceptors (Lipinski definition) is 4. The second kappa shape index (κ2) is 9.96. The third-order valence-corrected chi connectivity index (χ3v) is 6.02. The molecule has 2 fully saturated rings. The normalized spacial score (nSPS) is 19.6. The van der Waals surface area contributed by atoms with Crippen LogP contribution in [0.25, 0.3) is 0 Å². The van der Waals surface area contributed by atoms with E-state index in [-0.39, 0.29) is 30.3 Å². The van der Waals surface area contributed by atoms with Crippen LogP contribution in [-0.4, -0.2) is 60.4 Å². The molecule has 4 rings (SSSR count). The number of carbonyl (C=O) groups is 2. The fourth-order valence-corrected chi connectivity index (χ4v) is 4.31. The lowest BCUT2D eigenvalue weighted by Gasteiger charge is -2.37. The van der Waals surface area contributed by atoms with E-state index in [9.17, 15) is 9.59 Å². The minimum atomic E-state index is -0.0726. The van der Waals surface area contributed by atoms with Gasteiger partial charge in [0.1, 0.15) is 0 Å². The predicted molar refractivity (Wildman–Crippen MR) is 122 cm³/mol. The van der Waals surface area contributed by atoms with Crippen molar-refractivity contribution in [3.63, 3.8) is 0 Å². The fourth-order valence-electron chi connectivity index (χ4n) is 4.31. The van der Waals surface area contributed by atoms with E-state index >= 15 is 0 Å². The van der Waals surface area contributed by atoms with Gasteiger partial charge in [-0.2, -0.15) is 0 Å². The highest BCUT2D eigenvalue weighted by Gasteiger charge is 2.38. The molecule has 1 unspecified atom stereocenters. The number of amides is 2. The van der Waals surface area contributed by atoms with Crippen LogP contribution in [0.5, 0.6) is 0 Å². The molecule has 2 heterocycles. The number of benzene rings is 2. The largest absolute Gasteiger partial charge is 0.399 e. The molecule has 0 bridgehead atoms. The molecule has 0 spiro atoms. The van der Waals surface area contributed by atoms with Crippen molar-refractivity contribution in [3.05, 3.63) is 60.2 Å². The number of nitrogens with two attached hydrogens (primary N) is 1. The Morgan fingerprint density at radius 1 is 0.933 bits per heavy atom. The number of nitrogens with zero attached hydrogens (tertiary/aromatic N) is 3. The first-order valence-electron chi connectivity index (χ1n) is 10.3. The van der Waals surface area contributed by atoms with Crippen molar-refractivity contribution >= 4 is 35.6 Å². The Labute approximate surface area is 184 Å². The summed E-state index contributed by atoms with van der Waals surface area (Å²) in [4.78, 5) is 31.5. The number of nitrogen functional groups attached to an aromatic ring is 1. The average Bonchev–Trinajstić information content (AvgIpc) is 3.15. The molecule has 2 N–H and O–H groups in total. The summed E-state index contributed by atoms with van der Waals surface area (Å²) in [6.07, 6.45) is 1.98. The maximum absolute atomic E-state index is 12.9. The quantitative estimate of drug-likeness (QED) is 0.743. The highest BCUT2D eigenvalue weighted by Crippen LogP contribution is 2.25. The van der Waals surface area contributed by atoms with Gasteiger partial charge in [-0.1, -0.05) is 36.4 Å². The standard InChI is InChI=1S/C23H28N4O2.ClH/c24-20-9-5-4-6-18(20)10-11-22(28)26-16-14-25(15-17-26)21-12-13-27(23(21)29)19-7-2-1-3-8-19;/h1-9,21H,10-17,24H2;1H. The van der Waals surface area contributed by atoms with Gasteiger partial charge in [-0.3, -0.25) is 14.5 Å². The molecule has 0 saturated carbocycles. The second-order valence-corrected chi connectivity index (χ2v) is 7.75. The van der Waals surface area contributed by atoms with Gasteiger partial charge in [0.05, 0.1) is 6.04 Å². The monoisotopic (exact) mass is 428 g/mol. The predicted octanol–water partition coefficient (Wildman–Crippen LogP) is 2.57. The summed E-state index contributed by atoms with van der Waals surface area (Å²) in [6.45, 7) is 3.61. The van der Waals surface area contributed by atoms with Crippen LogP contribution >= 0.6 is 12.4 Å². The first-order valence-corrected chi connectivity index (χ1v) is 10.3. The van der Waals surface area contributed by atoms with Crippen molar-refractivity contribution in [1.82, 2.24) is 9.80 Å². The van der Waals surface area contributed by atoms with Gasteiger partial charge in [0, 0.05) is 50.5 Å². The number of para-hydroxylation sites is 2. The van der Waals surface area contributed by atoms with E-state index < -0.39 is 0 Å². The highest BCUT2D eigenvalue weighted by atomic mass is 35.5. The molecule has 2 aromatic carbocycles. The summed E-state index contributed by atoms with van der Waals surface area (Å²) in [5.41, 5.74) is 8.71. The molecule has 1 atom stereocenters. The number of rotatable bonds is 5. The van der Waals surface area contributed by atoms with Gasteiger partial charge in [0.2, 0.25) is 11.8 Å². The molecule has 2 saturated heterocycles. The second-order valence-electron chi connectivity index (χ2n) is 7.75. The first-order chi connectivity index (χ1) is 14.1. The van der Waals surface area contributed by atoms with Crippen LogP contribution in [0.3, 0.4) is 0 Å². The number of carbonyl (C=O) groups excluding carboxylic acids is 2. The van der Waals surface area contributed by atoms with Gasteiger partial charge >= 0.3 is 0 Å². The molecule has 2 aromatic rings. The molecule has 2 amide bonds. The van der Waals surface area contributed by atoms with E-state index in [1.165, 1.54) is 0 Å². The summed E-state index contributed by atoms with van der Waals surface area (Å²) in [5.74, 6) is 0.340. The minimum Gasteiger partial charge on any atom is -0.399 e. The van der Waals surface area contributed by atoms with Crippen molar-refractivity contribution in [2.45, 2.75) is 25.3 Å². The number of piperazine rings is 1. The van der Waals surface area contributed by atoms with Crippen molar-refractivity contribution in [3.8, 4) is 0 Å².